The number of benzene rings is 1. The largest absolute Gasteiger partial charge is 0.492 e. The van der Waals surface area contributed by atoms with Crippen LogP contribution in [0.25, 0.3) is 0 Å². The quantitative estimate of drug-likeness (QED) is 0.499. The minimum atomic E-state index is 0.712. The Labute approximate surface area is 121 Å². The molecule has 1 N–H and O–H groups in total. The van der Waals surface area contributed by atoms with Crippen LogP contribution >= 0.6 is 11.8 Å². The zero-order valence-corrected chi connectivity index (χ0v) is 12.8. The molecule has 0 bridgehead atoms. The van der Waals surface area contributed by atoms with E-state index < -0.39 is 0 Å². The molecule has 19 heavy (non-hydrogen) atoms. The van der Waals surface area contributed by atoms with Crippen LogP contribution < -0.4 is 10.1 Å². The predicted molar refractivity (Wildman–Crippen MR) is 82.3 cm³/mol. The molecular weight excluding hydrogens is 258 g/mol. The van der Waals surface area contributed by atoms with Gasteiger partial charge in [0, 0.05) is 24.7 Å². The Hall–Kier alpha value is -0.710. The molecule has 0 fully saturated rings. The van der Waals surface area contributed by atoms with Gasteiger partial charge in [-0.1, -0.05) is 0 Å². The molecular formula is C15H25NO2S. The molecule has 0 amide bonds. The Morgan fingerprint density at radius 3 is 2.53 bits per heavy atom. The van der Waals surface area contributed by atoms with Crippen LogP contribution in [0.3, 0.4) is 0 Å². The molecule has 0 saturated heterocycles. The smallest absolute Gasteiger partial charge is 0.119 e. The Balaban J connectivity index is 1.95. The van der Waals surface area contributed by atoms with Crippen LogP contribution in [0.1, 0.15) is 19.8 Å². The highest BCUT2D eigenvalue weighted by atomic mass is 32.2. The third kappa shape index (κ3) is 8.14. The van der Waals surface area contributed by atoms with Crippen LogP contribution in [0.15, 0.2) is 29.2 Å². The highest BCUT2D eigenvalue weighted by Crippen LogP contribution is 2.18. The molecule has 4 heteroatoms. The summed E-state index contributed by atoms with van der Waals surface area (Å²) in [5.41, 5.74) is 0. The van der Waals surface area contributed by atoms with Gasteiger partial charge in [0.1, 0.15) is 12.4 Å². The predicted octanol–water partition coefficient (Wildman–Crippen LogP) is 3.19. The van der Waals surface area contributed by atoms with Gasteiger partial charge in [-0.3, -0.25) is 0 Å². The van der Waals surface area contributed by atoms with E-state index in [1.54, 1.807) is 11.8 Å². The van der Waals surface area contributed by atoms with E-state index in [0.717, 1.165) is 44.9 Å². The molecule has 0 radical (unpaired) electrons. The maximum atomic E-state index is 5.65. The third-order valence-electron chi connectivity index (χ3n) is 2.70. The molecule has 0 spiro atoms. The zero-order valence-electron chi connectivity index (χ0n) is 12.0. The van der Waals surface area contributed by atoms with Crippen molar-refractivity contribution in [3.63, 3.8) is 0 Å². The van der Waals surface area contributed by atoms with Gasteiger partial charge < -0.3 is 14.8 Å². The number of ether oxygens (including phenoxy) is 2. The standard InChI is InChI=1S/C15H25NO2S/c1-3-17-12-5-4-10-16-11-13-18-14-6-8-15(19-2)9-7-14/h6-9,16H,3-5,10-13H2,1-2H3. The van der Waals surface area contributed by atoms with Crippen LogP contribution in [0.2, 0.25) is 0 Å². The van der Waals surface area contributed by atoms with Crippen molar-refractivity contribution in [2.75, 3.05) is 39.2 Å². The molecule has 0 saturated carbocycles. The molecule has 0 heterocycles. The summed E-state index contributed by atoms with van der Waals surface area (Å²) in [5.74, 6) is 0.941. The number of unbranched alkanes of at least 4 members (excludes halogenated alkanes) is 1. The number of nitrogens with one attached hydrogen (secondary N) is 1. The normalized spacial score (nSPS) is 10.6. The Morgan fingerprint density at radius 2 is 1.84 bits per heavy atom. The van der Waals surface area contributed by atoms with E-state index in [-0.39, 0.29) is 0 Å². The van der Waals surface area contributed by atoms with Gasteiger partial charge in [0.05, 0.1) is 0 Å². The van der Waals surface area contributed by atoms with Gasteiger partial charge in [-0.15, -0.1) is 11.8 Å². The van der Waals surface area contributed by atoms with Crippen molar-refractivity contribution in [3.8, 4) is 5.75 Å². The maximum Gasteiger partial charge on any atom is 0.119 e. The van der Waals surface area contributed by atoms with Crippen molar-refractivity contribution in [3.05, 3.63) is 24.3 Å². The van der Waals surface area contributed by atoms with Crippen molar-refractivity contribution < 1.29 is 9.47 Å². The Kier molecular flexibility index (Phi) is 9.59. The number of rotatable bonds is 11. The van der Waals surface area contributed by atoms with Gasteiger partial charge in [-0.2, -0.15) is 0 Å². The van der Waals surface area contributed by atoms with Crippen LogP contribution in [-0.2, 0) is 4.74 Å². The molecule has 0 aliphatic carbocycles. The lowest BCUT2D eigenvalue weighted by atomic mass is 10.3. The van der Waals surface area contributed by atoms with E-state index >= 15 is 0 Å². The van der Waals surface area contributed by atoms with E-state index in [1.807, 2.05) is 19.1 Å². The van der Waals surface area contributed by atoms with Gasteiger partial charge in [0.15, 0.2) is 0 Å². The van der Waals surface area contributed by atoms with E-state index in [4.69, 9.17) is 9.47 Å². The Bertz CT molecular complexity index is 316. The van der Waals surface area contributed by atoms with Gasteiger partial charge >= 0.3 is 0 Å². The molecule has 0 unspecified atom stereocenters. The van der Waals surface area contributed by atoms with Crippen LogP contribution in [-0.4, -0.2) is 39.2 Å². The average Bonchev–Trinajstić information content (AvgIpc) is 2.46. The number of hydrogen-bond donors (Lipinski definition) is 1. The molecule has 3 nitrogen and oxygen atoms in total. The first-order valence-corrected chi connectivity index (χ1v) is 8.14. The van der Waals surface area contributed by atoms with Crippen molar-refractivity contribution in [1.29, 1.82) is 0 Å². The number of hydrogen-bond acceptors (Lipinski definition) is 4. The molecule has 1 aromatic rings. The maximum absolute atomic E-state index is 5.65. The first-order chi connectivity index (χ1) is 9.36. The second-order valence-corrected chi connectivity index (χ2v) is 5.06. The van der Waals surface area contributed by atoms with Crippen molar-refractivity contribution in [2.45, 2.75) is 24.7 Å². The van der Waals surface area contributed by atoms with Gasteiger partial charge in [-0.05, 0) is 56.8 Å². The fourth-order valence-electron chi connectivity index (χ4n) is 1.64. The molecule has 0 atom stereocenters. The lowest BCUT2D eigenvalue weighted by Gasteiger charge is -2.08. The lowest BCUT2D eigenvalue weighted by molar-refractivity contribution is 0.143. The zero-order chi connectivity index (χ0) is 13.8. The first-order valence-electron chi connectivity index (χ1n) is 6.92. The van der Waals surface area contributed by atoms with Gasteiger partial charge in [0.2, 0.25) is 0 Å². The number of thioether (sulfide) groups is 1. The van der Waals surface area contributed by atoms with Gasteiger partial charge in [-0.25, -0.2) is 0 Å². The van der Waals surface area contributed by atoms with Crippen LogP contribution in [0.5, 0.6) is 5.75 Å². The summed E-state index contributed by atoms with van der Waals surface area (Å²) in [7, 11) is 0. The summed E-state index contributed by atoms with van der Waals surface area (Å²) in [4.78, 5) is 1.26. The van der Waals surface area contributed by atoms with Crippen LogP contribution in [0, 0.1) is 0 Å². The summed E-state index contributed by atoms with van der Waals surface area (Å²) in [6, 6.07) is 8.21. The van der Waals surface area contributed by atoms with E-state index in [1.165, 1.54) is 4.90 Å². The SMILES string of the molecule is CCOCCCCNCCOc1ccc(SC)cc1. The fourth-order valence-corrected chi connectivity index (χ4v) is 2.04. The summed E-state index contributed by atoms with van der Waals surface area (Å²) in [5, 5.41) is 3.37. The molecule has 1 aromatic carbocycles. The molecule has 1 rings (SSSR count). The summed E-state index contributed by atoms with van der Waals surface area (Å²) in [6.07, 6.45) is 4.35. The minimum absolute atomic E-state index is 0.712. The third-order valence-corrected chi connectivity index (χ3v) is 3.45. The summed E-state index contributed by atoms with van der Waals surface area (Å²) in [6.45, 7) is 6.35. The van der Waals surface area contributed by atoms with Crippen molar-refractivity contribution in [1.82, 2.24) is 5.32 Å². The fraction of sp³-hybridized carbons (Fsp3) is 0.600. The molecule has 108 valence electrons. The lowest BCUT2D eigenvalue weighted by Crippen LogP contribution is -2.22. The molecule has 0 aliphatic rings. The second-order valence-electron chi connectivity index (χ2n) is 4.18. The van der Waals surface area contributed by atoms with Gasteiger partial charge in [0.25, 0.3) is 0 Å². The topological polar surface area (TPSA) is 30.5 Å². The highest BCUT2D eigenvalue weighted by Gasteiger charge is 1.94. The van der Waals surface area contributed by atoms with E-state index in [9.17, 15) is 0 Å². The monoisotopic (exact) mass is 283 g/mol. The first kappa shape index (κ1) is 16.3. The molecule has 0 aromatic heterocycles. The average molecular weight is 283 g/mol. The second kappa shape index (κ2) is 11.1. The summed E-state index contributed by atoms with van der Waals surface area (Å²) >= 11 is 1.74. The summed E-state index contributed by atoms with van der Waals surface area (Å²) < 4.78 is 10.9. The van der Waals surface area contributed by atoms with Crippen LogP contribution in [0.4, 0.5) is 0 Å². The Morgan fingerprint density at radius 1 is 1.05 bits per heavy atom. The molecule has 0 aliphatic heterocycles. The van der Waals surface area contributed by atoms with Crippen molar-refractivity contribution >= 4 is 11.8 Å². The van der Waals surface area contributed by atoms with E-state index in [2.05, 4.69) is 23.7 Å². The minimum Gasteiger partial charge on any atom is -0.492 e. The highest BCUT2D eigenvalue weighted by molar-refractivity contribution is 7.98. The van der Waals surface area contributed by atoms with Crippen molar-refractivity contribution in [2.24, 2.45) is 0 Å². The van der Waals surface area contributed by atoms with E-state index in [0.29, 0.717) is 6.61 Å².